The molecule has 5 rings (SSSR count). The van der Waals surface area contributed by atoms with Crippen LogP contribution in [0.3, 0.4) is 0 Å². The SMILES string of the molecule is COc1cccc(-c2ccc([C@@H]3[C@@H](CO)N4C(=O)CN(C(=O)C5CCCCC5)C[C@H]34)cc2)c1. The first kappa shape index (κ1) is 22.0. The summed E-state index contributed by atoms with van der Waals surface area (Å²) in [7, 11) is 1.66. The van der Waals surface area contributed by atoms with Gasteiger partial charge >= 0.3 is 0 Å². The van der Waals surface area contributed by atoms with Gasteiger partial charge in [0.15, 0.2) is 0 Å². The number of ether oxygens (including phenoxy) is 1. The molecule has 3 fully saturated rings. The van der Waals surface area contributed by atoms with Gasteiger partial charge in [0.25, 0.3) is 0 Å². The summed E-state index contributed by atoms with van der Waals surface area (Å²) in [5.41, 5.74) is 3.26. The number of methoxy groups -OCH3 is 1. The summed E-state index contributed by atoms with van der Waals surface area (Å²) < 4.78 is 5.34. The fourth-order valence-corrected chi connectivity index (χ4v) is 5.98. The molecule has 2 aromatic rings. The molecular formula is C27H32N2O4. The Bertz CT molecular complexity index is 1020. The molecule has 174 valence electrons. The van der Waals surface area contributed by atoms with Crippen molar-refractivity contribution in [2.24, 2.45) is 5.92 Å². The van der Waals surface area contributed by atoms with Crippen LogP contribution in [0.15, 0.2) is 48.5 Å². The zero-order valence-corrected chi connectivity index (χ0v) is 19.2. The van der Waals surface area contributed by atoms with Crippen LogP contribution in [0.5, 0.6) is 5.75 Å². The number of aliphatic hydroxyl groups is 1. The van der Waals surface area contributed by atoms with Gasteiger partial charge in [-0.1, -0.05) is 55.7 Å². The third kappa shape index (κ3) is 4.01. The van der Waals surface area contributed by atoms with Crippen molar-refractivity contribution in [1.29, 1.82) is 0 Å². The lowest BCUT2D eigenvalue weighted by Gasteiger charge is -2.59. The van der Waals surface area contributed by atoms with E-state index in [9.17, 15) is 14.7 Å². The number of nitrogens with zero attached hydrogens (tertiary/aromatic N) is 2. The summed E-state index contributed by atoms with van der Waals surface area (Å²) in [4.78, 5) is 29.6. The van der Waals surface area contributed by atoms with Crippen molar-refractivity contribution < 1.29 is 19.4 Å². The van der Waals surface area contributed by atoms with E-state index in [1.807, 2.05) is 29.2 Å². The molecule has 1 aliphatic carbocycles. The molecule has 2 amide bonds. The Morgan fingerprint density at radius 3 is 2.52 bits per heavy atom. The Labute approximate surface area is 195 Å². The highest BCUT2D eigenvalue weighted by Gasteiger charge is 2.54. The molecule has 0 radical (unpaired) electrons. The highest BCUT2D eigenvalue weighted by molar-refractivity contribution is 5.88. The summed E-state index contributed by atoms with van der Waals surface area (Å²) in [6.07, 6.45) is 5.27. The number of aliphatic hydroxyl groups excluding tert-OH is 1. The number of benzene rings is 2. The minimum atomic E-state index is -0.225. The first-order valence-electron chi connectivity index (χ1n) is 12.1. The third-order valence-corrected chi connectivity index (χ3v) is 7.72. The predicted octanol–water partition coefficient (Wildman–Crippen LogP) is 3.44. The second-order valence-corrected chi connectivity index (χ2v) is 9.55. The van der Waals surface area contributed by atoms with Crippen LogP contribution in [0.25, 0.3) is 11.1 Å². The number of hydrogen-bond acceptors (Lipinski definition) is 4. The standard InChI is InChI=1S/C27H32N2O4/c1-33-22-9-5-8-21(14-22)18-10-12-19(13-11-18)26-23-15-28(16-25(31)29(23)24(26)17-30)27(32)20-6-3-2-4-7-20/h5,8-14,20,23-24,26,30H,2-4,6-7,15-17H2,1H3/t23-,24-,26+/m1/s1. The highest BCUT2D eigenvalue weighted by Crippen LogP contribution is 2.43. The van der Waals surface area contributed by atoms with E-state index in [-0.39, 0.29) is 48.9 Å². The van der Waals surface area contributed by atoms with Gasteiger partial charge in [-0.25, -0.2) is 0 Å². The van der Waals surface area contributed by atoms with Crippen molar-refractivity contribution in [1.82, 2.24) is 9.80 Å². The first-order valence-corrected chi connectivity index (χ1v) is 12.1. The molecule has 3 aliphatic rings. The van der Waals surface area contributed by atoms with Crippen LogP contribution in [-0.2, 0) is 9.59 Å². The van der Waals surface area contributed by atoms with Crippen LogP contribution in [0, 0.1) is 5.92 Å². The molecule has 2 heterocycles. The van der Waals surface area contributed by atoms with Gasteiger partial charge < -0.3 is 19.6 Å². The van der Waals surface area contributed by atoms with Crippen molar-refractivity contribution in [2.75, 3.05) is 26.8 Å². The molecule has 1 N–H and O–H groups in total. The number of fused-ring (bicyclic) bond motifs is 1. The number of hydrogen-bond donors (Lipinski definition) is 1. The highest BCUT2D eigenvalue weighted by atomic mass is 16.5. The van der Waals surface area contributed by atoms with Crippen molar-refractivity contribution in [3.8, 4) is 16.9 Å². The number of carbonyl (C=O) groups excluding carboxylic acids is 2. The van der Waals surface area contributed by atoms with E-state index in [1.165, 1.54) is 6.42 Å². The largest absolute Gasteiger partial charge is 0.497 e. The second-order valence-electron chi connectivity index (χ2n) is 9.55. The zero-order chi connectivity index (χ0) is 22.9. The van der Waals surface area contributed by atoms with Gasteiger partial charge in [0.1, 0.15) is 5.75 Å². The Balaban J connectivity index is 1.35. The van der Waals surface area contributed by atoms with E-state index >= 15 is 0 Å². The Hall–Kier alpha value is -2.86. The van der Waals surface area contributed by atoms with Crippen LogP contribution >= 0.6 is 0 Å². The van der Waals surface area contributed by atoms with E-state index in [0.717, 1.165) is 48.1 Å². The molecule has 0 aromatic heterocycles. The summed E-state index contributed by atoms with van der Waals surface area (Å²) in [6.45, 7) is 0.630. The molecule has 0 bridgehead atoms. The molecule has 2 saturated heterocycles. The van der Waals surface area contributed by atoms with Crippen LogP contribution in [-0.4, -0.2) is 65.6 Å². The number of amides is 2. The number of rotatable bonds is 5. The Kier molecular flexibility index (Phi) is 6.11. The molecule has 6 heteroatoms. The summed E-state index contributed by atoms with van der Waals surface area (Å²) in [5, 5.41) is 10.1. The first-order chi connectivity index (χ1) is 16.1. The number of piperazine rings is 1. The predicted molar refractivity (Wildman–Crippen MR) is 126 cm³/mol. The van der Waals surface area contributed by atoms with Crippen molar-refractivity contribution in [2.45, 2.75) is 50.1 Å². The zero-order valence-electron chi connectivity index (χ0n) is 19.2. The monoisotopic (exact) mass is 448 g/mol. The average Bonchev–Trinajstić information content (AvgIpc) is 2.85. The lowest BCUT2D eigenvalue weighted by atomic mass is 9.73. The molecule has 6 nitrogen and oxygen atoms in total. The summed E-state index contributed by atoms with van der Waals surface area (Å²) in [6, 6.07) is 16.0. The average molecular weight is 449 g/mol. The van der Waals surface area contributed by atoms with Gasteiger partial charge in [0, 0.05) is 18.4 Å². The van der Waals surface area contributed by atoms with Crippen LogP contribution in [0.1, 0.15) is 43.6 Å². The quantitative estimate of drug-likeness (QED) is 0.761. The maximum Gasteiger partial charge on any atom is 0.242 e. The van der Waals surface area contributed by atoms with Crippen LogP contribution in [0.2, 0.25) is 0 Å². The molecule has 2 aromatic carbocycles. The lowest BCUT2D eigenvalue weighted by Crippen LogP contribution is -2.73. The maximum atomic E-state index is 13.1. The normalized spacial score (nSPS) is 25.4. The Morgan fingerprint density at radius 1 is 1.06 bits per heavy atom. The van der Waals surface area contributed by atoms with Gasteiger partial charge in [0.2, 0.25) is 11.8 Å². The van der Waals surface area contributed by atoms with E-state index in [1.54, 1.807) is 12.0 Å². The van der Waals surface area contributed by atoms with Gasteiger partial charge in [-0.3, -0.25) is 9.59 Å². The topological polar surface area (TPSA) is 70.1 Å². The molecule has 1 saturated carbocycles. The van der Waals surface area contributed by atoms with Gasteiger partial charge in [0.05, 0.1) is 32.3 Å². The smallest absolute Gasteiger partial charge is 0.242 e. The van der Waals surface area contributed by atoms with E-state index in [4.69, 9.17) is 4.74 Å². The minimum absolute atomic E-state index is 0.0280. The van der Waals surface area contributed by atoms with Crippen molar-refractivity contribution in [3.05, 3.63) is 54.1 Å². The van der Waals surface area contributed by atoms with E-state index in [0.29, 0.717) is 6.54 Å². The van der Waals surface area contributed by atoms with Crippen molar-refractivity contribution >= 4 is 11.8 Å². The Morgan fingerprint density at radius 2 is 1.82 bits per heavy atom. The minimum Gasteiger partial charge on any atom is -0.497 e. The van der Waals surface area contributed by atoms with E-state index in [2.05, 4.69) is 24.3 Å². The molecule has 33 heavy (non-hydrogen) atoms. The second kappa shape index (κ2) is 9.18. The fraction of sp³-hybridized carbons (Fsp3) is 0.481. The maximum absolute atomic E-state index is 13.1. The molecule has 0 spiro atoms. The molecule has 0 unspecified atom stereocenters. The summed E-state index contributed by atoms with van der Waals surface area (Å²) in [5.74, 6) is 1.00. The fourth-order valence-electron chi connectivity index (χ4n) is 5.98. The molecule has 3 atom stereocenters. The van der Waals surface area contributed by atoms with Crippen LogP contribution in [0.4, 0.5) is 0 Å². The van der Waals surface area contributed by atoms with Crippen LogP contribution < -0.4 is 4.74 Å². The van der Waals surface area contributed by atoms with Gasteiger partial charge in [-0.05, 0) is 41.7 Å². The van der Waals surface area contributed by atoms with Gasteiger partial charge in [-0.2, -0.15) is 0 Å². The molecule has 2 aliphatic heterocycles. The van der Waals surface area contributed by atoms with E-state index < -0.39 is 0 Å². The summed E-state index contributed by atoms with van der Waals surface area (Å²) >= 11 is 0. The van der Waals surface area contributed by atoms with Crippen molar-refractivity contribution in [3.63, 3.8) is 0 Å². The third-order valence-electron chi connectivity index (χ3n) is 7.72. The van der Waals surface area contributed by atoms with Gasteiger partial charge in [-0.15, -0.1) is 0 Å². The number of carbonyl (C=O) groups is 2. The molecular weight excluding hydrogens is 416 g/mol. The lowest BCUT2D eigenvalue weighted by molar-refractivity contribution is -0.168.